The van der Waals surface area contributed by atoms with Crippen molar-refractivity contribution in [2.24, 2.45) is 5.73 Å². The van der Waals surface area contributed by atoms with E-state index in [4.69, 9.17) is 5.73 Å². The molecule has 1 aromatic rings. The molecule has 68 valence electrons. The third-order valence-electron chi connectivity index (χ3n) is 1.47. The van der Waals surface area contributed by atoms with Crippen LogP contribution in [0.4, 0.5) is 4.39 Å². The normalized spacial score (nSPS) is 14.7. The number of nitrogens with zero attached hydrogens (tertiary/aromatic N) is 1. The Morgan fingerprint density at radius 3 is 2.83 bits per heavy atom. The summed E-state index contributed by atoms with van der Waals surface area (Å²) in [5, 5.41) is 0. The Hall–Kier alpha value is -0.480. The summed E-state index contributed by atoms with van der Waals surface area (Å²) in [7, 11) is 0. The molecule has 1 aromatic heterocycles. The molecule has 0 bridgehead atoms. The van der Waals surface area contributed by atoms with Gasteiger partial charge in [0.15, 0.2) is 0 Å². The molecule has 0 radical (unpaired) electrons. The van der Waals surface area contributed by atoms with Crippen molar-refractivity contribution < 1.29 is 4.39 Å². The SMILES string of the molecule is CC(C)(N)CC(F)c1ccns1. The van der Waals surface area contributed by atoms with Crippen molar-refractivity contribution in [1.82, 2.24) is 4.37 Å². The Bertz CT molecular complexity index is 228. The molecule has 0 aromatic carbocycles. The van der Waals surface area contributed by atoms with E-state index in [1.807, 2.05) is 13.8 Å². The third kappa shape index (κ3) is 2.87. The average molecular weight is 188 g/mol. The maximum Gasteiger partial charge on any atom is 0.137 e. The second kappa shape index (κ2) is 3.49. The highest BCUT2D eigenvalue weighted by Gasteiger charge is 2.20. The minimum Gasteiger partial charge on any atom is -0.325 e. The first-order chi connectivity index (χ1) is 5.49. The van der Waals surface area contributed by atoms with Gasteiger partial charge >= 0.3 is 0 Å². The van der Waals surface area contributed by atoms with Gasteiger partial charge in [-0.2, -0.15) is 0 Å². The van der Waals surface area contributed by atoms with Gasteiger partial charge in [-0.25, -0.2) is 8.76 Å². The fraction of sp³-hybridized carbons (Fsp3) is 0.625. The molecule has 12 heavy (non-hydrogen) atoms. The molecule has 1 unspecified atom stereocenters. The molecule has 1 heterocycles. The summed E-state index contributed by atoms with van der Waals surface area (Å²) in [5.74, 6) is 0. The summed E-state index contributed by atoms with van der Waals surface area (Å²) in [4.78, 5) is 0.661. The van der Waals surface area contributed by atoms with Crippen LogP contribution in [0.5, 0.6) is 0 Å². The quantitative estimate of drug-likeness (QED) is 0.790. The predicted octanol–water partition coefficient (Wildman–Crippen LogP) is 2.28. The Morgan fingerprint density at radius 1 is 1.75 bits per heavy atom. The maximum atomic E-state index is 13.4. The van der Waals surface area contributed by atoms with Crippen LogP contribution in [0.3, 0.4) is 0 Å². The Balaban J connectivity index is 2.56. The zero-order chi connectivity index (χ0) is 9.19. The van der Waals surface area contributed by atoms with Crippen LogP contribution in [0.15, 0.2) is 12.3 Å². The summed E-state index contributed by atoms with van der Waals surface area (Å²) in [6.07, 6.45) is 0.975. The molecule has 4 heteroatoms. The Labute approximate surface area is 75.8 Å². The van der Waals surface area contributed by atoms with Crippen molar-refractivity contribution in [3.05, 3.63) is 17.1 Å². The van der Waals surface area contributed by atoms with Gasteiger partial charge in [0, 0.05) is 18.2 Å². The number of nitrogens with two attached hydrogens (primary N) is 1. The fourth-order valence-electron chi connectivity index (χ4n) is 0.950. The molecular weight excluding hydrogens is 175 g/mol. The third-order valence-corrected chi connectivity index (χ3v) is 2.30. The van der Waals surface area contributed by atoms with Crippen LogP contribution in [0.1, 0.15) is 31.3 Å². The van der Waals surface area contributed by atoms with Gasteiger partial charge in [-0.15, -0.1) is 0 Å². The minimum absolute atomic E-state index is 0.342. The molecule has 1 atom stereocenters. The monoisotopic (exact) mass is 188 g/mol. The second-order valence-electron chi connectivity index (χ2n) is 3.58. The number of rotatable bonds is 3. The summed E-state index contributed by atoms with van der Waals surface area (Å²) in [6.45, 7) is 3.64. The summed E-state index contributed by atoms with van der Waals surface area (Å²) >= 11 is 1.19. The lowest BCUT2D eigenvalue weighted by Gasteiger charge is -2.19. The second-order valence-corrected chi connectivity index (χ2v) is 4.44. The van der Waals surface area contributed by atoms with Crippen LogP contribution in [0, 0.1) is 0 Å². The predicted molar refractivity (Wildman–Crippen MR) is 48.8 cm³/mol. The molecule has 0 aliphatic rings. The number of hydrogen-bond acceptors (Lipinski definition) is 3. The molecule has 2 N–H and O–H groups in total. The van der Waals surface area contributed by atoms with Crippen molar-refractivity contribution in [3.8, 4) is 0 Å². The molecular formula is C8H13FN2S. The lowest BCUT2D eigenvalue weighted by atomic mass is 9.98. The van der Waals surface area contributed by atoms with E-state index in [0.29, 0.717) is 11.3 Å². The van der Waals surface area contributed by atoms with Crippen LogP contribution in [-0.2, 0) is 0 Å². The molecule has 0 aliphatic carbocycles. The average Bonchev–Trinajstić information content (AvgIpc) is 2.32. The molecule has 0 aliphatic heterocycles. The van der Waals surface area contributed by atoms with Crippen molar-refractivity contribution >= 4 is 11.5 Å². The first-order valence-corrected chi connectivity index (χ1v) is 4.60. The van der Waals surface area contributed by atoms with Gasteiger partial charge in [0.2, 0.25) is 0 Å². The molecule has 0 fully saturated rings. The highest BCUT2D eigenvalue weighted by Crippen LogP contribution is 2.27. The molecule has 0 saturated heterocycles. The van der Waals surface area contributed by atoms with E-state index >= 15 is 0 Å². The number of halogens is 1. The minimum atomic E-state index is -0.975. The Kier molecular flexibility index (Phi) is 2.80. The van der Waals surface area contributed by atoms with Gasteiger partial charge in [-0.3, -0.25) is 0 Å². The van der Waals surface area contributed by atoms with Crippen molar-refractivity contribution in [3.63, 3.8) is 0 Å². The lowest BCUT2D eigenvalue weighted by Crippen LogP contribution is -2.32. The van der Waals surface area contributed by atoms with E-state index in [9.17, 15) is 4.39 Å². The molecule has 0 spiro atoms. The van der Waals surface area contributed by atoms with Crippen LogP contribution in [0.25, 0.3) is 0 Å². The van der Waals surface area contributed by atoms with E-state index in [1.165, 1.54) is 11.5 Å². The van der Waals surface area contributed by atoms with Gasteiger partial charge in [0.25, 0.3) is 0 Å². The number of alkyl halides is 1. The smallest absolute Gasteiger partial charge is 0.137 e. The first kappa shape index (κ1) is 9.61. The van der Waals surface area contributed by atoms with Gasteiger partial charge in [0.05, 0.1) is 4.88 Å². The van der Waals surface area contributed by atoms with Crippen molar-refractivity contribution in [2.45, 2.75) is 32.0 Å². The number of aromatic nitrogens is 1. The summed E-state index contributed by atoms with van der Waals surface area (Å²) in [5.41, 5.74) is 5.23. The highest BCUT2D eigenvalue weighted by atomic mass is 32.1. The van der Waals surface area contributed by atoms with Crippen molar-refractivity contribution in [1.29, 1.82) is 0 Å². The number of hydrogen-bond donors (Lipinski definition) is 1. The highest BCUT2D eigenvalue weighted by molar-refractivity contribution is 7.05. The molecule has 1 rings (SSSR count). The zero-order valence-corrected chi connectivity index (χ0v) is 8.07. The van der Waals surface area contributed by atoms with E-state index in [-0.39, 0.29) is 0 Å². The molecule has 0 amide bonds. The summed E-state index contributed by atoms with van der Waals surface area (Å²) in [6, 6.07) is 1.70. The van der Waals surface area contributed by atoms with Gasteiger partial charge < -0.3 is 5.73 Å². The fourth-order valence-corrected chi connectivity index (χ4v) is 1.51. The van der Waals surface area contributed by atoms with Crippen LogP contribution in [0.2, 0.25) is 0 Å². The van der Waals surface area contributed by atoms with Gasteiger partial charge in [-0.05, 0) is 31.4 Å². The van der Waals surface area contributed by atoms with Crippen LogP contribution in [-0.4, -0.2) is 9.91 Å². The van der Waals surface area contributed by atoms with Crippen molar-refractivity contribution in [2.75, 3.05) is 0 Å². The van der Waals surface area contributed by atoms with Crippen LogP contribution >= 0.6 is 11.5 Å². The van der Waals surface area contributed by atoms with Gasteiger partial charge in [0.1, 0.15) is 6.17 Å². The zero-order valence-electron chi connectivity index (χ0n) is 7.25. The molecule has 2 nitrogen and oxygen atoms in total. The van der Waals surface area contributed by atoms with E-state index in [2.05, 4.69) is 4.37 Å². The van der Waals surface area contributed by atoms with E-state index < -0.39 is 11.7 Å². The lowest BCUT2D eigenvalue weighted by molar-refractivity contribution is 0.271. The van der Waals surface area contributed by atoms with Crippen LogP contribution < -0.4 is 5.73 Å². The maximum absolute atomic E-state index is 13.4. The Morgan fingerprint density at radius 2 is 2.42 bits per heavy atom. The topological polar surface area (TPSA) is 38.9 Å². The van der Waals surface area contributed by atoms with E-state index in [1.54, 1.807) is 12.3 Å². The largest absolute Gasteiger partial charge is 0.325 e. The first-order valence-electron chi connectivity index (χ1n) is 3.82. The van der Waals surface area contributed by atoms with E-state index in [0.717, 1.165) is 0 Å². The summed E-state index contributed by atoms with van der Waals surface area (Å²) < 4.78 is 17.2. The standard InChI is InChI=1S/C8H13FN2S/c1-8(2,10)5-6(9)7-3-4-11-12-7/h3-4,6H,5,10H2,1-2H3. The molecule has 0 saturated carbocycles. The van der Waals surface area contributed by atoms with Gasteiger partial charge in [-0.1, -0.05) is 0 Å².